The molecule has 1 amide bonds. The van der Waals surface area contributed by atoms with Gasteiger partial charge in [0.2, 0.25) is 0 Å². The van der Waals surface area contributed by atoms with Crippen LogP contribution >= 0.6 is 0 Å². The average molecular weight is 306 g/mol. The predicted octanol–water partition coefficient (Wildman–Crippen LogP) is 2.12. The molecule has 1 atom stereocenters. The molecule has 0 saturated carbocycles. The smallest absolute Gasteiger partial charge is 0.326 e. The van der Waals surface area contributed by atoms with Crippen LogP contribution < -0.4 is 15.4 Å². The molecule has 1 aromatic rings. The molecule has 0 radical (unpaired) electrons. The summed E-state index contributed by atoms with van der Waals surface area (Å²) < 4.78 is 10.8. The number of para-hydroxylation sites is 1. The maximum absolute atomic E-state index is 12.5. The van der Waals surface area contributed by atoms with Gasteiger partial charge in [-0.3, -0.25) is 14.5 Å². The first-order chi connectivity index (χ1) is 10.6. The molecule has 22 heavy (non-hydrogen) atoms. The number of rotatable bonds is 6. The molecule has 120 valence electrons. The van der Waals surface area contributed by atoms with E-state index in [0.29, 0.717) is 30.2 Å². The van der Waals surface area contributed by atoms with Crippen LogP contribution in [0.3, 0.4) is 0 Å². The van der Waals surface area contributed by atoms with Crippen LogP contribution in [0.4, 0.5) is 11.4 Å². The van der Waals surface area contributed by atoms with Crippen molar-refractivity contribution in [2.75, 3.05) is 23.8 Å². The van der Waals surface area contributed by atoms with Gasteiger partial charge in [0.15, 0.2) is 6.10 Å². The molecular weight excluding hydrogens is 284 g/mol. The first-order valence-electron chi connectivity index (χ1n) is 7.60. The highest BCUT2D eigenvalue weighted by Crippen LogP contribution is 2.39. The maximum atomic E-state index is 12.5. The third-order valence-electron chi connectivity index (χ3n) is 3.53. The number of esters is 1. The molecule has 1 heterocycles. The summed E-state index contributed by atoms with van der Waals surface area (Å²) in [6.45, 7) is 4.09. The monoisotopic (exact) mass is 306 g/mol. The number of unbranched alkanes of at least 4 members (excludes halogenated alkanes) is 1. The number of anilines is 2. The topological polar surface area (TPSA) is 81.9 Å². The normalized spacial score (nSPS) is 16.9. The van der Waals surface area contributed by atoms with Crippen LogP contribution in [0.15, 0.2) is 18.2 Å². The Bertz CT molecular complexity index is 559. The Morgan fingerprint density at radius 1 is 1.41 bits per heavy atom. The molecule has 0 aromatic heterocycles. The summed E-state index contributed by atoms with van der Waals surface area (Å²) in [6.07, 6.45) is 1.67. The Morgan fingerprint density at radius 2 is 2.18 bits per heavy atom. The fraction of sp³-hybridized carbons (Fsp3) is 0.500. The standard InChI is InChI=1S/C16H22N2O4/c1-3-5-9-21-14(19)10-18-15-11(17)7-6-8-13(15)22-12(4-2)16(18)20/h6-8,12H,3-5,9-10,17H2,1-2H3. The van der Waals surface area contributed by atoms with Gasteiger partial charge in [0.1, 0.15) is 18.0 Å². The third kappa shape index (κ3) is 3.32. The summed E-state index contributed by atoms with van der Waals surface area (Å²) in [5.41, 5.74) is 6.81. The predicted molar refractivity (Wildman–Crippen MR) is 83.8 cm³/mol. The van der Waals surface area contributed by atoms with E-state index in [-0.39, 0.29) is 12.5 Å². The second kappa shape index (κ2) is 7.15. The molecule has 1 aliphatic heterocycles. The number of benzene rings is 1. The molecule has 0 bridgehead atoms. The van der Waals surface area contributed by atoms with Crippen LogP contribution in [-0.4, -0.2) is 31.1 Å². The van der Waals surface area contributed by atoms with Crippen molar-refractivity contribution in [3.8, 4) is 5.75 Å². The maximum Gasteiger partial charge on any atom is 0.326 e. The van der Waals surface area contributed by atoms with Crippen LogP contribution in [0.1, 0.15) is 33.1 Å². The number of fused-ring (bicyclic) bond motifs is 1. The molecule has 0 spiro atoms. The lowest BCUT2D eigenvalue weighted by Crippen LogP contribution is -2.48. The van der Waals surface area contributed by atoms with Gasteiger partial charge in [-0.2, -0.15) is 0 Å². The lowest BCUT2D eigenvalue weighted by molar-refractivity contribution is -0.143. The van der Waals surface area contributed by atoms with Crippen molar-refractivity contribution in [3.05, 3.63) is 18.2 Å². The van der Waals surface area contributed by atoms with Gasteiger partial charge in [0, 0.05) is 0 Å². The van der Waals surface area contributed by atoms with Gasteiger partial charge in [-0.15, -0.1) is 0 Å². The molecule has 1 aliphatic rings. The number of hydrogen-bond acceptors (Lipinski definition) is 5. The first-order valence-corrected chi connectivity index (χ1v) is 7.60. The van der Waals surface area contributed by atoms with Crippen LogP contribution in [0.5, 0.6) is 5.75 Å². The molecule has 0 aliphatic carbocycles. The lowest BCUT2D eigenvalue weighted by atomic mass is 10.1. The highest BCUT2D eigenvalue weighted by molar-refractivity contribution is 6.05. The van der Waals surface area contributed by atoms with Crippen molar-refractivity contribution in [2.45, 2.75) is 39.2 Å². The van der Waals surface area contributed by atoms with E-state index in [4.69, 9.17) is 15.2 Å². The summed E-state index contributed by atoms with van der Waals surface area (Å²) in [5.74, 6) is -0.180. The average Bonchev–Trinajstić information content (AvgIpc) is 2.50. The highest BCUT2D eigenvalue weighted by Gasteiger charge is 2.35. The minimum Gasteiger partial charge on any atom is -0.478 e. The van der Waals surface area contributed by atoms with E-state index in [9.17, 15) is 9.59 Å². The largest absolute Gasteiger partial charge is 0.478 e. The molecule has 6 nitrogen and oxygen atoms in total. The SMILES string of the molecule is CCCCOC(=O)CN1C(=O)C(CC)Oc2cccc(N)c21. The van der Waals surface area contributed by atoms with Crippen LogP contribution in [-0.2, 0) is 14.3 Å². The second-order valence-electron chi connectivity index (χ2n) is 5.21. The Morgan fingerprint density at radius 3 is 2.86 bits per heavy atom. The van der Waals surface area contributed by atoms with Crippen molar-refractivity contribution in [3.63, 3.8) is 0 Å². The number of amides is 1. The summed E-state index contributed by atoms with van der Waals surface area (Å²) in [6, 6.07) is 5.18. The van der Waals surface area contributed by atoms with Crippen molar-refractivity contribution in [2.24, 2.45) is 0 Å². The number of hydrogen-bond donors (Lipinski definition) is 1. The number of carbonyl (C=O) groups is 2. The molecule has 6 heteroatoms. The first kappa shape index (κ1) is 16.1. The third-order valence-corrected chi connectivity index (χ3v) is 3.53. The van der Waals surface area contributed by atoms with Gasteiger partial charge in [-0.05, 0) is 25.0 Å². The number of nitrogen functional groups attached to an aromatic ring is 1. The number of nitrogens with zero attached hydrogens (tertiary/aromatic N) is 1. The molecule has 1 unspecified atom stereocenters. The zero-order chi connectivity index (χ0) is 16.1. The quantitative estimate of drug-likeness (QED) is 0.494. The van der Waals surface area contributed by atoms with Crippen LogP contribution in [0.2, 0.25) is 0 Å². The molecule has 0 saturated heterocycles. The zero-order valence-corrected chi connectivity index (χ0v) is 13.0. The van der Waals surface area contributed by atoms with Gasteiger partial charge in [-0.25, -0.2) is 0 Å². The number of nitrogens with two attached hydrogens (primary N) is 1. The van der Waals surface area contributed by atoms with Gasteiger partial charge in [0.25, 0.3) is 5.91 Å². The molecule has 0 fully saturated rings. The van der Waals surface area contributed by atoms with Gasteiger partial charge >= 0.3 is 5.97 Å². The van der Waals surface area contributed by atoms with E-state index in [0.717, 1.165) is 12.8 Å². The number of carbonyl (C=O) groups excluding carboxylic acids is 2. The number of ether oxygens (including phenoxy) is 2. The zero-order valence-electron chi connectivity index (χ0n) is 13.0. The van der Waals surface area contributed by atoms with E-state index < -0.39 is 12.1 Å². The Hall–Kier alpha value is -2.24. The Balaban J connectivity index is 2.21. The fourth-order valence-corrected chi connectivity index (χ4v) is 2.33. The van der Waals surface area contributed by atoms with Crippen LogP contribution in [0, 0.1) is 0 Å². The minimum absolute atomic E-state index is 0.149. The molecule has 2 N–H and O–H groups in total. The van der Waals surface area contributed by atoms with Crippen molar-refractivity contribution in [1.82, 2.24) is 0 Å². The summed E-state index contributed by atoms with van der Waals surface area (Å²) in [5, 5.41) is 0. The van der Waals surface area contributed by atoms with Crippen molar-refractivity contribution in [1.29, 1.82) is 0 Å². The minimum atomic E-state index is -0.599. The Kier molecular flexibility index (Phi) is 5.25. The molecule has 2 rings (SSSR count). The van der Waals surface area contributed by atoms with E-state index in [1.165, 1.54) is 4.90 Å². The van der Waals surface area contributed by atoms with Gasteiger partial charge < -0.3 is 15.2 Å². The highest BCUT2D eigenvalue weighted by atomic mass is 16.5. The molecular formula is C16H22N2O4. The van der Waals surface area contributed by atoms with Gasteiger partial charge in [0.05, 0.1) is 12.3 Å². The summed E-state index contributed by atoms with van der Waals surface area (Å²) in [4.78, 5) is 25.8. The fourth-order valence-electron chi connectivity index (χ4n) is 2.33. The van der Waals surface area contributed by atoms with Gasteiger partial charge in [-0.1, -0.05) is 26.3 Å². The Labute approximate surface area is 130 Å². The lowest BCUT2D eigenvalue weighted by Gasteiger charge is -2.34. The van der Waals surface area contributed by atoms with E-state index in [1.807, 2.05) is 13.8 Å². The van der Waals surface area contributed by atoms with E-state index in [1.54, 1.807) is 18.2 Å². The summed E-state index contributed by atoms with van der Waals surface area (Å²) in [7, 11) is 0. The van der Waals surface area contributed by atoms with Crippen molar-refractivity contribution >= 4 is 23.3 Å². The molecule has 1 aromatic carbocycles. The second-order valence-corrected chi connectivity index (χ2v) is 5.21. The van der Waals surface area contributed by atoms with Crippen LogP contribution in [0.25, 0.3) is 0 Å². The van der Waals surface area contributed by atoms with Crippen molar-refractivity contribution < 1.29 is 19.1 Å². The van der Waals surface area contributed by atoms with E-state index >= 15 is 0 Å². The van der Waals surface area contributed by atoms with E-state index in [2.05, 4.69) is 0 Å². The summed E-state index contributed by atoms with van der Waals surface area (Å²) >= 11 is 0.